The Morgan fingerprint density at radius 3 is 2.79 bits per heavy atom. The molecule has 29 heavy (non-hydrogen) atoms. The van der Waals surface area contributed by atoms with E-state index in [1.165, 1.54) is 0 Å². The van der Waals surface area contributed by atoms with Crippen LogP contribution in [-0.2, 0) is 14.6 Å². The Morgan fingerprint density at radius 2 is 2.14 bits per heavy atom. The third-order valence-corrected chi connectivity index (χ3v) is 7.26. The minimum Gasteiger partial charge on any atom is -0.437 e. The van der Waals surface area contributed by atoms with Gasteiger partial charge in [-0.3, -0.25) is 0 Å². The lowest BCUT2D eigenvalue weighted by molar-refractivity contribution is 0.115. The van der Waals surface area contributed by atoms with Gasteiger partial charge >= 0.3 is 0 Å². The quantitative estimate of drug-likeness (QED) is 0.711. The Hall–Kier alpha value is -2.10. The smallest absolute Gasteiger partial charge is 0.247 e. The monoisotopic (exact) mass is 441 g/mol. The maximum atomic E-state index is 14.4. The fourth-order valence-corrected chi connectivity index (χ4v) is 5.60. The lowest BCUT2D eigenvalue weighted by Crippen LogP contribution is -2.40. The second kappa shape index (κ2) is 7.97. The highest BCUT2D eigenvalue weighted by Gasteiger charge is 2.38. The van der Waals surface area contributed by atoms with E-state index in [2.05, 4.69) is 10.3 Å². The summed E-state index contributed by atoms with van der Waals surface area (Å²) in [6, 6.07) is 6.95. The van der Waals surface area contributed by atoms with E-state index >= 15 is 0 Å². The largest absolute Gasteiger partial charge is 0.437 e. The molecule has 0 radical (unpaired) electrons. The van der Waals surface area contributed by atoms with Crippen molar-refractivity contribution < 1.29 is 22.3 Å². The second-order valence-electron chi connectivity index (χ2n) is 6.98. The number of sulfone groups is 1. The van der Waals surface area contributed by atoms with Gasteiger partial charge in [0.05, 0.1) is 11.9 Å². The number of benzene rings is 1. The van der Waals surface area contributed by atoms with E-state index in [1.54, 1.807) is 31.3 Å². The molecule has 10 heteroatoms. The van der Waals surface area contributed by atoms with Gasteiger partial charge in [-0.1, -0.05) is 11.6 Å². The molecule has 1 N–H and O–H groups in total. The van der Waals surface area contributed by atoms with Crippen LogP contribution in [0.4, 0.5) is 15.8 Å². The Balaban J connectivity index is 1.78. The van der Waals surface area contributed by atoms with Crippen molar-refractivity contribution in [2.45, 2.75) is 23.8 Å². The van der Waals surface area contributed by atoms with Crippen LogP contribution in [0.2, 0.25) is 5.02 Å². The van der Waals surface area contributed by atoms with Crippen LogP contribution in [0, 0.1) is 5.95 Å². The van der Waals surface area contributed by atoms with Gasteiger partial charge in [0.25, 0.3) is 0 Å². The number of ether oxygens (including phenoxy) is 2. The number of pyridine rings is 1. The van der Waals surface area contributed by atoms with E-state index in [9.17, 15) is 12.8 Å². The lowest BCUT2D eigenvalue weighted by atomic mass is 10.2. The van der Waals surface area contributed by atoms with Crippen molar-refractivity contribution in [3.05, 3.63) is 35.2 Å². The number of nitrogens with zero attached hydrogens (tertiary/aromatic N) is 2. The van der Waals surface area contributed by atoms with Crippen molar-refractivity contribution in [2.75, 3.05) is 42.7 Å². The average Bonchev–Trinajstić information content (AvgIpc) is 3.21. The van der Waals surface area contributed by atoms with Crippen LogP contribution >= 0.6 is 11.6 Å². The van der Waals surface area contributed by atoms with Gasteiger partial charge in [0.2, 0.25) is 11.8 Å². The molecule has 2 aliphatic heterocycles. The molecule has 2 aliphatic rings. The summed E-state index contributed by atoms with van der Waals surface area (Å²) in [4.78, 5) is 5.39. The van der Waals surface area contributed by atoms with Gasteiger partial charge in [0.15, 0.2) is 9.84 Å². The molecule has 0 spiro atoms. The van der Waals surface area contributed by atoms with Gasteiger partial charge in [-0.2, -0.15) is 9.37 Å². The van der Waals surface area contributed by atoms with Crippen LogP contribution in [-0.4, -0.2) is 52.0 Å². The summed E-state index contributed by atoms with van der Waals surface area (Å²) in [5.74, 6) is -0.956. The van der Waals surface area contributed by atoms with E-state index < -0.39 is 20.8 Å². The SMILES string of the molecule is CNc1ccc(Oc2nc(F)c(Cl)c3c2N(C[C@H]2CCCO2)CCS3(=O)=O)cc1. The lowest BCUT2D eigenvalue weighted by Gasteiger charge is -2.33. The summed E-state index contributed by atoms with van der Waals surface area (Å²) in [5.41, 5.74) is 1.06. The molecule has 0 saturated carbocycles. The summed E-state index contributed by atoms with van der Waals surface area (Å²) in [5, 5.41) is 2.49. The Morgan fingerprint density at radius 1 is 1.38 bits per heavy atom. The first kappa shape index (κ1) is 20.2. The highest BCUT2D eigenvalue weighted by molar-refractivity contribution is 7.91. The summed E-state index contributed by atoms with van der Waals surface area (Å²) in [6.07, 6.45) is 1.80. The van der Waals surface area contributed by atoms with E-state index in [0.717, 1.165) is 18.5 Å². The highest BCUT2D eigenvalue weighted by atomic mass is 35.5. The van der Waals surface area contributed by atoms with Gasteiger partial charge in [-0.15, -0.1) is 0 Å². The number of rotatable bonds is 5. The highest BCUT2D eigenvalue weighted by Crippen LogP contribution is 2.44. The van der Waals surface area contributed by atoms with Crippen LogP contribution in [0.3, 0.4) is 0 Å². The Kier molecular flexibility index (Phi) is 5.54. The molecule has 2 aromatic rings. The third kappa shape index (κ3) is 3.99. The van der Waals surface area contributed by atoms with Gasteiger partial charge in [0.1, 0.15) is 21.4 Å². The van der Waals surface area contributed by atoms with Crippen molar-refractivity contribution in [2.24, 2.45) is 0 Å². The minimum atomic E-state index is -3.77. The van der Waals surface area contributed by atoms with Crippen molar-refractivity contribution in [3.63, 3.8) is 0 Å². The molecule has 4 rings (SSSR count). The van der Waals surface area contributed by atoms with Crippen LogP contribution in [0.25, 0.3) is 0 Å². The van der Waals surface area contributed by atoms with Crippen LogP contribution in [0.15, 0.2) is 29.2 Å². The standard InChI is InChI=1S/C19H21ClFN3O4S/c1-22-12-4-6-13(7-5-12)28-19-16-17(15(20)18(21)23-19)29(25,26)10-8-24(16)11-14-3-2-9-27-14/h4-7,14,22H,2-3,8-11H2,1H3/t14-/m1/s1. The van der Waals surface area contributed by atoms with Crippen molar-refractivity contribution in [1.29, 1.82) is 0 Å². The van der Waals surface area contributed by atoms with Crippen LogP contribution in [0.5, 0.6) is 11.6 Å². The summed E-state index contributed by atoms with van der Waals surface area (Å²) in [6.45, 7) is 1.36. The van der Waals surface area contributed by atoms with Crippen molar-refractivity contribution in [3.8, 4) is 11.6 Å². The molecule has 3 heterocycles. The summed E-state index contributed by atoms with van der Waals surface area (Å²) >= 11 is 6.05. The molecule has 7 nitrogen and oxygen atoms in total. The van der Waals surface area contributed by atoms with E-state index in [1.807, 2.05) is 4.90 Å². The molecule has 1 atom stereocenters. The fraction of sp³-hybridized carbons (Fsp3) is 0.421. The van der Waals surface area contributed by atoms with Gasteiger partial charge in [-0.25, -0.2) is 8.42 Å². The summed E-state index contributed by atoms with van der Waals surface area (Å²) in [7, 11) is -1.98. The molecule has 1 fully saturated rings. The first-order valence-corrected chi connectivity index (χ1v) is 11.4. The minimum absolute atomic E-state index is 0.0322. The summed E-state index contributed by atoms with van der Waals surface area (Å²) < 4.78 is 51.4. The molecule has 0 unspecified atom stereocenters. The van der Waals surface area contributed by atoms with Crippen LogP contribution < -0.4 is 15.0 Å². The molecule has 1 aromatic carbocycles. The predicted octanol–water partition coefficient (Wildman–Crippen LogP) is 3.48. The van der Waals surface area contributed by atoms with E-state index in [4.69, 9.17) is 21.1 Å². The number of fused-ring (bicyclic) bond motifs is 1. The van der Waals surface area contributed by atoms with Gasteiger partial charge < -0.3 is 19.7 Å². The molecular weight excluding hydrogens is 421 g/mol. The normalized spacial score (nSPS) is 20.4. The molecule has 1 saturated heterocycles. The fourth-order valence-electron chi connectivity index (χ4n) is 3.58. The first-order valence-electron chi connectivity index (χ1n) is 9.33. The van der Waals surface area contributed by atoms with Crippen LogP contribution in [0.1, 0.15) is 12.8 Å². The van der Waals surface area contributed by atoms with Gasteiger partial charge in [-0.05, 0) is 37.1 Å². The number of aromatic nitrogens is 1. The number of anilines is 2. The Labute approximate surface area is 173 Å². The third-order valence-electron chi connectivity index (χ3n) is 5.06. The molecule has 1 aromatic heterocycles. The molecule has 0 aliphatic carbocycles. The molecule has 0 bridgehead atoms. The predicted molar refractivity (Wildman–Crippen MR) is 109 cm³/mol. The maximum absolute atomic E-state index is 14.4. The number of hydrogen-bond acceptors (Lipinski definition) is 7. The number of nitrogens with one attached hydrogen (secondary N) is 1. The molecule has 0 amide bonds. The zero-order valence-electron chi connectivity index (χ0n) is 15.8. The van der Waals surface area contributed by atoms with Gasteiger partial charge in [0, 0.05) is 32.4 Å². The zero-order valence-corrected chi connectivity index (χ0v) is 17.4. The molecule has 156 valence electrons. The number of hydrogen-bond donors (Lipinski definition) is 1. The number of halogens is 2. The Bertz CT molecular complexity index is 1010. The van der Waals surface area contributed by atoms with Crippen molar-refractivity contribution >= 4 is 32.8 Å². The van der Waals surface area contributed by atoms with Crippen molar-refractivity contribution in [1.82, 2.24) is 4.98 Å². The molecular formula is C19H21ClFN3O4S. The first-order chi connectivity index (χ1) is 13.9. The maximum Gasteiger partial charge on any atom is 0.247 e. The average molecular weight is 442 g/mol. The topological polar surface area (TPSA) is 80.8 Å². The second-order valence-corrected chi connectivity index (χ2v) is 9.40. The zero-order chi connectivity index (χ0) is 20.6. The van der Waals surface area contributed by atoms with E-state index in [0.29, 0.717) is 18.9 Å². The van der Waals surface area contributed by atoms with E-state index in [-0.39, 0.29) is 34.9 Å².